The van der Waals surface area contributed by atoms with Crippen LogP contribution in [-0.2, 0) is 4.79 Å². The van der Waals surface area contributed by atoms with E-state index in [2.05, 4.69) is 38.6 Å². The first-order chi connectivity index (χ1) is 13.6. The van der Waals surface area contributed by atoms with Gasteiger partial charge in [0.25, 0.3) is 0 Å². The van der Waals surface area contributed by atoms with Crippen LogP contribution in [-0.4, -0.2) is 29.5 Å². The van der Waals surface area contributed by atoms with E-state index in [0.29, 0.717) is 30.4 Å². The van der Waals surface area contributed by atoms with Gasteiger partial charge in [0.15, 0.2) is 0 Å². The molecule has 0 fully saturated rings. The van der Waals surface area contributed by atoms with Crippen LogP contribution in [0.2, 0.25) is 0 Å². The number of amides is 1. The van der Waals surface area contributed by atoms with Gasteiger partial charge in [0.05, 0.1) is 18.0 Å². The van der Waals surface area contributed by atoms with Gasteiger partial charge < -0.3 is 16.0 Å². The average Bonchev–Trinajstić information content (AvgIpc) is 2.73. The van der Waals surface area contributed by atoms with E-state index >= 15 is 0 Å². The van der Waals surface area contributed by atoms with E-state index in [1.54, 1.807) is 7.05 Å². The summed E-state index contributed by atoms with van der Waals surface area (Å²) in [6.45, 7) is 3.95. The Labute approximate surface area is 163 Å². The number of hydrogen-bond acceptors (Lipinski definition) is 6. The van der Waals surface area contributed by atoms with Crippen molar-refractivity contribution in [2.75, 3.05) is 29.5 Å². The third-order valence-electron chi connectivity index (χ3n) is 4.10. The first kappa shape index (κ1) is 18.9. The SMILES string of the molecule is C=CC(=O)Nc1cccc(-c2ccc3c(NC)nc(NCCC#N)nc3c2)c1. The minimum atomic E-state index is -0.254. The maximum Gasteiger partial charge on any atom is 0.247 e. The summed E-state index contributed by atoms with van der Waals surface area (Å²) in [5.41, 5.74) is 3.38. The third-order valence-corrected chi connectivity index (χ3v) is 4.10. The van der Waals surface area contributed by atoms with Gasteiger partial charge in [-0.05, 0) is 41.5 Å². The number of carbonyl (C=O) groups excluding carboxylic acids is 1. The molecule has 0 saturated heterocycles. The van der Waals surface area contributed by atoms with Crippen LogP contribution in [0, 0.1) is 11.3 Å². The van der Waals surface area contributed by atoms with Crippen molar-refractivity contribution >= 4 is 34.3 Å². The predicted molar refractivity (Wildman–Crippen MR) is 112 cm³/mol. The first-order valence-corrected chi connectivity index (χ1v) is 8.79. The fraction of sp³-hybridized carbons (Fsp3) is 0.143. The molecule has 7 heteroatoms. The molecule has 0 aliphatic carbocycles. The highest BCUT2D eigenvalue weighted by atomic mass is 16.1. The van der Waals surface area contributed by atoms with E-state index in [-0.39, 0.29) is 5.91 Å². The summed E-state index contributed by atoms with van der Waals surface area (Å²) in [6, 6.07) is 15.6. The van der Waals surface area contributed by atoms with Crippen molar-refractivity contribution < 1.29 is 4.79 Å². The zero-order valence-electron chi connectivity index (χ0n) is 15.5. The van der Waals surface area contributed by atoms with Crippen molar-refractivity contribution in [1.29, 1.82) is 5.26 Å². The molecule has 1 heterocycles. The van der Waals surface area contributed by atoms with Gasteiger partial charge >= 0.3 is 0 Å². The van der Waals surface area contributed by atoms with Crippen LogP contribution >= 0.6 is 0 Å². The standard InChI is InChI=1S/C21H20N6O/c1-3-19(28)25-16-7-4-6-14(12-16)15-8-9-17-18(13-15)26-21(24-11-5-10-22)27-20(17)23-2/h3-4,6-9,12-13H,1,5,11H2,2H3,(H,25,28)(H2,23,24,26,27). The molecule has 0 aliphatic rings. The Morgan fingerprint density at radius 3 is 2.79 bits per heavy atom. The number of nitrogens with one attached hydrogen (secondary N) is 3. The van der Waals surface area contributed by atoms with Crippen LogP contribution in [0.1, 0.15) is 6.42 Å². The highest BCUT2D eigenvalue weighted by Gasteiger charge is 2.09. The molecule has 0 radical (unpaired) electrons. The van der Waals surface area contributed by atoms with Crippen LogP contribution in [0.25, 0.3) is 22.0 Å². The van der Waals surface area contributed by atoms with Gasteiger partial charge in [0.1, 0.15) is 5.82 Å². The molecular formula is C21H20N6O. The van der Waals surface area contributed by atoms with Crippen LogP contribution in [0.15, 0.2) is 55.1 Å². The van der Waals surface area contributed by atoms with Crippen LogP contribution in [0.3, 0.4) is 0 Å². The van der Waals surface area contributed by atoms with E-state index in [1.165, 1.54) is 6.08 Å². The van der Waals surface area contributed by atoms with E-state index < -0.39 is 0 Å². The van der Waals surface area contributed by atoms with Gasteiger partial charge in [0.2, 0.25) is 11.9 Å². The maximum absolute atomic E-state index is 11.5. The number of anilines is 3. The molecule has 0 bridgehead atoms. The van der Waals surface area contributed by atoms with Crippen LogP contribution in [0.5, 0.6) is 0 Å². The van der Waals surface area contributed by atoms with E-state index in [9.17, 15) is 4.79 Å². The second-order valence-electron chi connectivity index (χ2n) is 5.99. The maximum atomic E-state index is 11.5. The summed E-state index contributed by atoms with van der Waals surface area (Å²) in [5, 5.41) is 18.5. The Bertz CT molecular complexity index is 1070. The van der Waals surface area contributed by atoms with Gasteiger partial charge in [-0.1, -0.05) is 24.8 Å². The van der Waals surface area contributed by atoms with Crippen molar-refractivity contribution in [1.82, 2.24) is 9.97 Å². The van der Waals surface area contributed by atoms with Crippen molar-refractivity contribution in [3.05, 3.63) is 55.1 Å². The molecule has 3 N–H and O–H groups in total. The van der Waals surface area contributed by atoms with Gasteiger partial charge in [-0.15, -0.1) is 0 Å². The summed E-state index contributed by atoms with van der Waals surface area (Å²) in [7, 11) is 1.81. The molecule has 0 unspecified atom stereocenters. The minimum Gasteiger partial charge on any atom is -0.372 e. The third kappa shape index (κ3) is 4.24. The molecule has 0 atom stereocenters. The number of fused-ring (bicyclic) bond motifs is 1. The Morgan fingerprint density at radius 1 is 1.21 bits per heavy atom. The van der Waals surface area contributed by atoms with Gasteiger partial charge in [0, 0.05) is 24.7 Å². The lowest BCUT2D eigenvalue weighted by Crippen LogP contribution is -2.07. The molecule has 0 spiro atoms. The number of nitriles is 1. The zero-order chi connectivity index (χ0) is 19.9. The molecule has 3 rings (SSSR count). The number of carbonyl (C=O) groups is 1. The predicted octanol–water partition coefficient (Wildman–Crippen LogP) is 3.79. The Balaban J connectivity index is 1.99. The first-order valence-electron chi connectivity index (χ1n) is 8.79. The highest BCUT2D eigenvalue weighted by molar-refractivity contribution is 5.99. The summed E-state index contributed by atoms with van der Waals surface area (Å²) in [5.74, 6) is 0.925. The van der Waals surface area contributed by atoms with Crippen LogP contribution in [0.4, 0.5) is 17.5 Å². The smallest absolute Gasteiger partial charge is 0.247 e. The summed E-state index contributed by atoms with van der Waals surface area (Å²) in [6.07, 6.45) is 1.61. The van der Waals surface area contributed by atoms with Crippen molar-refractivity contribution in [2.24, 2.45) is 0 Å². The van der Waals surface area contributed by atoms with E-state index in [1.807, 2.05) is 42.5 Å². The molecular weight excluding hydrogens is 352 g/mol. The highest BCUT2D eigenvalue weighted by Crippen LogP contribution is 2.29. The summed E-state index contributed by atoms with van der Waals surface area (Å²) >= 11 is 0. The molecule has 3 aromatic rings. The molecule has 28 heavy (non-hydrogen) atoms. The van der Waals surface area contributed by atoms with E-state index in [4.69, 9.17) is 5.26 Å². The number of benzene rings is 2. The van der Waals surface area contributed by atoms with Gasteiger partial charge in [-0.2, -0.15) is 10.2 Å². The second-order valence-corrected chi connectivity index (χ2v) is 5.99. The molecule has 2 aromatic carbocycles. The Kier molecular flexibility index (Phi) is 5.82. The number of rotatable bonds is 7. The molecule has 1 aromatic heterocycles. The average molecular weight is 372 g/mol. The molecule has 0 saturated carbocycles. The van der Waals surface area contributed by atoms with Gasteiger partial charge in [-0.25, -0.2) is 4.98 Å². The number of nitrogens with zero attached hydrogens (tertiary/aromatic N) is 3. The summed E-state index contributed by atoms with van der Waals surface area (Å²) < 4.78 is 0. The lowest BCUT2D eigenvalue weighted by atomic mass is 10.0. The summed E-state index contributed by atoms with van der Waals surface area (Å²) in [4.78, 5) is 20.6. The monoisotopic (exact) mass is 372 g/mol. The zero-order valence-corrected chi connectivity index (χ0v) is 15.5. The largest absolute Gasteiger partial charge is 0.372 e. The lowest BCUT2D eigenvalue weighted by molar-refractivity contribution is -0.111. The molecule has 7 nitrogen and oxygen atoms in total. The van der Waals surface area contributed by atoms with Crippen molar-refractivity contribution in [3.8, 4) is 17.2 Å². The number of aromatic nitrogens is 2. The molecule has 140 valence electrons. The second kappa shape index (κ2) is 8.64. The number of hydrogen-bond donors (Lipinski definition) is 3. The Hall–Kier alpha value is -3.92. The fourth-order valence-electron chi connectivity index (χ4n) is 2.78. The normalized spacial score (nSPS) is 10.1. The minimum absolute atomic E-state index is 0.254. The van der Waals surface area contributed by atoms with E-state index in [0.717, 1.165) is 22.0 Å². The van der Waals surface area contributed by atoms with Crippen LogP contribution < -0.4 is 16.0 Å². The Morgan fingerprint density at radius 2 is 2.04 bits per heavy atom. The molecule has 1 amide bonds. The molecule has 0 aliphatic heterocycles. The lowest BCUT2D eigenvalue weighted by Gasteiger charge is -2.11. The van der Waals surface area contributed by atoms with Crippen molar-refractivity contribution in [3.63, 3.8) is 0 Å². The topological polar surface area (TPSA) is 103 Å². The quantitative estimate of drug-likeness (QED) is 0.431. The van der Waals surface area contributed by atoms with Crippen molar-refractivity contribution in [2.45, 2.75) is 6.42 Å². The van der Waals surface area contributed by atoms with Gasteiger partial charge in [-0.3, -0.25) is 4.79 Å². The fourth-order valence-corrected chi connectivity index (χ4v) is 2.78.